The Balaban J connectivity index is 1.41. The molecule has 1 saturated heterocycles. The lowest BCUT2D eigenvalue weighted by atomic mass is 10.1. The second kappa shape index (κ2) is 8.62. The smallest absolute Gasteiger partial charge is 0.255 e. The van der Waals surface area contributed by atoms with Gasteiger partial charge in [0.05, 0.1) is 12.7 Å². The zero-order valence-electron chi connectivity index (χ0n) is 14.7. The van der Waals surface area contributed by atoms with Crippen LogP contribution in [0.1, 0.15) is 22.3 Å². The average molecular weight is 339 g/mol. The van der Waals surface area contributed by atoms with Crippen molar-refractivity contribution in [3.8, 4) is 5.75 Å². The number of rotatable bonds is 6. The molecule has 0 saturated carbocycles. The maximum absolute atomic E-state index is 12.4. The lowest BCUT2D eigenvalue weighted by Crippen LogP contribution is -2.48. The number of ether oxygens (including phenoxy) is 1. The summed E-state index contributed by atoms with van der Waals surface area (Å²) >= 11 is 0. The van der Waals surface area contributed by atoms with Crippen LogP contribution in [0.15, 0.2) is 48.8 Å². The number of carbonyl (C=O) groups is 1. The number of hydrogen-bond donors (Lipinski definition) is 0. The van der Waals surface area contributed by atoms with Crippen LogP contribution in [0, 0.1) is 0 Å². The highest BCUT2D eigenvalue weighted by Gasteiger charge is 2.21. The summed E-state index contributed by atoms with van der Waals surface area (Å²) in [5.74, 6) is 1.00. The molecule has 1 fully saturated rings. The summed E-state index contributed by atoms with van der Waals surface area (Å²) in [6, 6.07) is 11.9. The molecule has 25 heavy (non-hydrogen) atoms. The second-order valence-electron chi connectivity index (χ2n) is 6.33. The number of amides is 1. The van der Waals surface area contributed by atoms with Crippen LogP contribution < -0.4 is 4.74 Å². The molecule has 0 spiro atoms. The Morgan fingerprint density at radius 2 is 2.00 bits per heavy atom. The first-order valence-corrected chi connectivity index (χ1v) is 8.81. The third-order valence-electron chi connectivity index (χ3n) is 4.64. The largest absolute Gasteiger partial charge is 0.497 e. The third-order valence-corrected chi connectivity index (χ3v) is 4.64. The van der Waals surface area contributed by atoms with Gasteiger partial charge >= 0.3 is 0 Å². The van der Waals surface area contributed by atoms with Crippen molar-refractivity contribution in [3.05, 3.63) is 59.9 Å². The summed E-state index contributed by atoms with van der Waals surface area (Å²) in [5.41, 5.74) is 1.98. The SMILES string of the molecule is COc1cccc(CCCN2CCN(C(=O)c3cccnc3)CC2)c1. The minimum Gasteiger partial charge on any atom is -0.497 e. The van der Waals surface area contributed by atoms with Crippen LogP contribution in [0.2, 0.25) is 0 Å². The summed E-state index contributed by atoms with van der Waals surface area (Å²) < 4.78 is 5.27. The summed E-state index contributed by atoms with van der Waals surface area (Å²) in [6.07, 6.45) is 5.50. The van der Waals surface area contributed by atoms with Gasteiger partial charge in [0, 0.05) is 38.6 Å². The van der Waals surface area contributed by atoms with Crippen molar-refractivity contribution >= 4 is 5.91 Å². The number of piperazine rings is 1. The minimum absolute atomic E-state index is 0.0872. The fourth-order valence-corrected chi connectivity index (χ4v) is 3.18. The van der Waals surface area contributed by atoms with E-state index in [4.69, 9.17) is 4.74 Å². The predicted octanol–water partition coefficient (Wildman–Crippen LogP) is 2.48. The van der Waals surface area contributed by atoms with Gasteiger partial charge in [-0.1, -0.05) is 12.1 Å². The third kappa shape index (κ3) is 4.79. The molecule has 2 heterocycles. The molecule has 5 nitrogen and oxygen atoms in total. The van der Waals surface area contributed by atoms with E-state index in [0.717, 1.165) is 51.3 Å². The molecule has 5 heteroatoms. The first-order chi connectivity index (χ1) is 12.3. The highest BCUT2D eigenvalue weighted by molar-refractivity contribution is 5.93. The van der Waals surface area contributed by atoms with E-state index in [-0.39, 0.29) is 5.91 Å². The molecule has 0 aliphatic carbocycles. The van der Waals surface area contributed by atoms with E-state index in [9.17, 15) is 4.79 Å². The highest BCUT2D eigenvalue weighted by atomic mass is 16.5. The molecule has 0 atom stereocenters. The molecular formula is C20H25N3O2. The maximum atomic E-state index is 12.4. The van der Waals surface area contributed by atoms with Gasteiger partial charge in [-0.2, -0.15) is 0 Å². The number of aryl methyl sites for hydroxylation is 1. The van der Waals surface area contributed by atoms with E-state index in [0.29, 0.717) is 5.56 Å². The average Bonchev–Trinajstić information content (AvgIpc) is 2.69. The minimum atomic E-state index is 0.0872. The first-order valence-electron chi connectivity index (χ1n) is 8.81. The molecule has 2 aromatic rings. The summed E-state index contributed by atoms with van der Waals surface area (Å²) in [7, 11) is 1.70. The maximum Gasteiger partial charge on any atom is 0.255 e. The Labute approximate surface area is 149 Å². The molecule has 0 radical (unpaired) electrons. The normalized spacial score (nSPS) is 15.2. The van der Waals surface area contributed by atoms with E-state index in [1.807, 2.05) is 29.2 Å². The Kier molecular flexibility index (Phi) is 6.01. The van der Waals surface area contributed by atoms with Gasteiger partial charge in [-0.15, -0.1) is 0 Å². The van der Waals surface area contributed by atoms with Gasteiger partial charge in [0.2, 0.25) is 0 Å². The molecule has 0 unspecified atom stereocenters. The van der Waals surface area contributed by atoms with E-state index in [2.05, 4.69) is 22.0 Å². The van der Waals surface area contributed by atoms with Gasteiger partial charge in [-0.25, -0.2) is 0 Å². The van der Waals surface area contributed by atoms with Gasteiger partial charge in [0.25, 0.3) is 5.91 Å². The van der Waals surface area contributed by atoms with Crippen molar-refractivity contribution in [2.45, 2.75) is 12.8 Å². The van der Waals surface area contributed by atoms with E-state index in [1.165, 1.54) is 5.56 Å². The number of methoxy groups -OCH3 is 1. The first kappa shape index (κ1) is 17.4. The van der Waals surface area contributed by atoms with Gasteiger partial charge < -0.3 is 9.64 Å². The molecule has 1 aliphatic heterocycles. The Hall–Kier alpha value is -2.40. The van der Waals surface area contributed by atoms with Crippen molar-refractivity contribution in [1.29, 1.82) is 0 Å². The van der Waals surface area contributed by atoms with Crippen LogP contribution in [0.5, 0.6) is 5.75 Å². The monoisotopic (exact) mass is 339 g/mol. The van der Waals surface area contributed by atoms with Crippen LogP contribution >= 0.6 is 0 Å². The molecule has 1 aromatic carbocycles. The fraction of sp³-hybridized carbons (Fsp3) is 0.400. The van der Waals surface area contributed by atoms with Gasteiger partial charge in [-0.05, 0) is 49.2 Å². The van der Waals surface area contributed by atoms with Crippen molar-refractivity contribution in [2.75, 3.05) is 39.8 Å². The molecule has 0 bridgehead atoms. The predicted molar refractivity (Wildman–Crippen MR) is 97.9 cm³/mol. The number of carbonyl (C=O) groups excluding carboxylic acids is 1. The molecule has 1 aromatic heterocycles. The number of pyridine rings is 1. The number of benzene rings is 1. The topological polar surface area (TPSA) is 45.7 Å². The number of hydrogen-bond acceptors (Lipinski definition) is 4. The van der Waals surface area contributed by atoms with Crippen LogP contribution in [-0.2, 0) is 6.42 Å². The van der Waals surface area contributed by atoms with Crippen molar-refractivity contribution in [1.82, 2.24) is 14.8 Å². The fourth-order valence-electron chi connectivity index (χ4n) is 3.18. The van der Waals surface area contributed by atoms with Crippen molar-refractivity contribution in [2.24, 2.45) is 0 Å². The van der Waals surface area contributed by atoms with Crippen LogP contribution in [-0.4, -0.2) is 60.5 Å². The standard InChI is InChI=1S/C20H25N3O2/c1-25-19-8-2-5-17(15-19)6-4-10-22-11-13-23(14-12-22)20(24)18-7-3-9-21-16-18/h2-3,5,7-9,15-16H,4,6,10-14H2,1H3. The number of aromatic nitrogens is 1. The van der Waals surface area contributed by atoms with E-state index >= 15 is 0 Å². The zero-order valence-corrected chi connectivity index (χ0v) is 14.7. The number of nitrogens with zero attached hydrogens (tertiary/aromatic N) is 3. The molecule has 3 rings (SSSR count). The zero-order chi connectivity index (χ0) is 17.5. The molecular weight excluding hydrogens is 314 g/mol. The Morgan fingerprint density at radius 1 is 1.16 bits per heavy atom. The highest BCUT2D eigenvalue weighted by Crippen LogP contribution is 2.14. The molecule has 1 amide bonds. The van der Waals surface area contributed by atoms with Crippen molar-refractivity contribution in [3.63, 3.8) is 0 Å². The molecule has 0 N–H and O–H groups in total. The van der Waals surface area contributed by atoms with Crippen LogP contribution in [0.3, 0.4) is 0 Å². The summed E-state index contributed by atoms with van der Waals surface area (Å²) in [5, 5.41) is 0. The van der Waals surface area contributed by atoms with Crippen molar-refractivity contribution < 1.29 is 9.53 Å². The second-order valence-corrected chi connectivity index (χ2v) is 6.33. The van der Waals surface area contributed by atoms with Crippen LogP contribution in [0.4, 0.5) is 0 Å². The molecule has 1 aliphatic rings. The van der Waals surface area contributed by atoms with E-state index < -0.39 is 0 Å². The summed E-state index contributed by atoms with van der Waals surface area (Å²) in [6.45, 7) is 4.50. The Bertz CT molecular complexity index is 682. The molecule has 132 valence electrons. The van der Waals surface area contributed by atoms with Gasteiger partial charge in [0.1, 0.15) is 5.75 Å². The van der Waals surface area contributed by atoms with Crippen LogP contribution in [0.25, 0.3) is 0 Å². The lowest BCUT2D eigenvalue weighted by Gasteiger charge is -2.34. The van der Waals surface area contributed by atoms with E-state index in [1.54, 1.807) is 19.5 Å². The lowest BCUT2D eigenvalue weighted by molar-refractivity contribution is 0.0635. The van der Waals surface area contributed by atoms with Gasteiger partial charge in [0.15, 0.2) is 0 Å². The summed E-state index contributed by atoms with van der Waals surface area (Å²) in [4.78, 5) is 20.8. The quantitative estimate of drug-likeness (QED) is 0.811. The Morgan fingerprint density at radius 3 is 2.72 bits per heavy atom. The van der Waals surface area contributed by atoms with Gasteiger partial charge in [-0.3, -0.25) is 14.7 Å².